The summed E-state index contributed by atoms with van der Waals surface area (Å²) in [5, 5.41) is 19.9. The third-order valence-electron chi connectivity index (χ3n) is 2.44. The normalized spacial score (nSPS) is 9.59. The molecular weight excluding hydrogens is 216 g/mol. The summed E-state index contributed by atoms with van der Waals surface area (Å²) in [5.74, 6) is 0. The molecule has 0 amide bonds. The lowest BCUT2D eigenvalue weighted by atomic mass is 9.99. The first-order chi connectivity index (χ1) is 8.24. The predicted octanol–water partition coefficient (Wildman–Crippen LogP) is 3.13. The minimum Gasteiger partial charge on any atom is -0.258 e. The summed E-state index contributed by atoms with van der Waals surface area (Å²) in [7, 11) is 0. The fourth-order valence-electron chi connectivity index (χ4n) is 1.67. The smallest absolute Gasteiger partial charge is 0.258 e. The molecule has 0 N–H and O–H groups in total. The summed E-state index contributed by atoms with van der Waals surface area (Å²) >= 11 is 0. The van der Waals surface area contributed by atoms with Crippen LogP contribution in [0.1, 0.15) is 5.56 Å². The van der Waals surface area contributed by atoms with Crippen molar-refractivity contribution in [3.63, 3.8) is 0 Å². The molecule has 0 saturated heterocycles. The van der Waals surface area contributed by atoms with Crippen LogP contribution in [0.3, 0.4) is 0 Å². The monoisotopic (exact) mass is 224 g/mol. The van der Waals surface area contributed by atoms with Crippen LogP contribution in [-0.4, -0.2) is 4.92 Å². The van der Waals surface area contributed by atoms with Crippen LogP contribution in [0.15, 0.2) is 48.5 Å². The highest BCUT2D eigenvalue weighted by Crippen LogP contribution is 2.29. The number of benzene rings is 2. The quantitative estimate of drug-likeness (QED) is 0.581. The van der Waals surface area contributed by atoms with Gasteiger partial charge in [0, 0.05) is 11.6 Å². The Bertz CT molecular complexity index is 601. The Morgan fingerprint density at radius 2 is 1.76 bits per heavy atom. The van der Waals surface area contributed by atoms with Crippen LogP contribution in [0.5, 0.6) is 0 Å². The highest BCUT2D eigenvalue weighted by molar-refractivity contribution is 5.75. The number of nitro benzene ring substituents is 1. The van der Waals surface area contributed by atoms with Crippen molar-refractivity contribution in [2.75, 3.05) is 0 Å². The molecule has 0 fully saturated rings. The summed E-state index contributed by atoms with van der Waals surface area (Å²) in [6.07, 6.45) is 0. The maximum atomic E-state index is 10.8. The molecule has 0 aliphatic heterocycles. The maximum Gasteiger partial charge on any atom is 0.287 e. The van der Waals surface area contributed by atoms with E-state index in [1.807, 2.05) is 36.4 Å². The summed E-state index contributed by atoms with van der Waals surface area (Å²) in [4.78, 5) is 10.3. The lowest BCUT2D eigenvalue weighted by Crippen LogP contribution is -1.94. The number of hydrogen-bond donors (Lipinski definition) is 0. The Kier molecular flexibility index (Phi) is 2.84. The SMILES string of the molecule is N#Cc1c(-c2ccccc2)cccc1[N+](=O)[O-]. The zero-order valence-electron chi connectivity index (χ0n) is 8.83. The minimum atomic E-state index is -0.537. The Morgan fingerprint density at radius 3 is 2.35 bits per heavy atom. The van der Waals surface area contributed by atoms with Gasteiger partial charge in [-0.1, -0.05) is 42.5 Å². The van der Waals surface area contributed by atoms with Crippen LogP contribution in [0, 0.1) is 21.4 Å². The van der Waals surface area contributed by atoms with Crippen molar-refractivity contribution in [2.24, 2.45) is 0 Å². The predicted molar refractivity (Wildman–Crippen MR) is 63.2 cm³/mol. The molecule has 2 aromatic carbocycles. The highest BCUT2D eigenvalue weighted by Gasteiger charge is 2.17. The Balaban J connectivity index is 2.68. The number of nitro groups is 1. The van der Waals surface area contributed by atoms with Crippen molar-refractivity contribution in [2.45, 2.75) is 0 Å². The van der Waals surface area contributed by atoms with Crippen LogP contribution in [0.2, 0.25) is 0 Å². The Morgan fingerprint density at radius 1 is 1.06 bits per heavy atom. The minimum absolute atomic E-state index is 0.101. The van der Waals surface area contributed by atoms with Crippen molar-refractivity contribution in [3.05, 3.63) is 64.2 Å². The molecule has 2 rings (SSSR count). The fourth-order valence-corrected chi connectivity index (χ4v) is 1.67. The average molecular weight is 224 g/mol. The van der Waals surface area contributed by atoms with Crippen LogP contribution >= 0.6 is 0 Å². The van der Waals surface area contributed by atoms with E-state index in [0.717, 1.165) is 5.56 Å². The van der Waals surface area contributed by atoms with Gasteiger partial charge in [0.1, 0.15) is 11.6 Å². The van der Waals surface area contributed by atoms with Gasteiger partial charge in [-0.3, -0.25) is 10.1 Å². The molecule has 2 aromatic rings. The molecular formula is C13H8N2O2. The molecule has 0 heterocycles. The van der Waals surface area contributed by atoms with Gasteiger partial charge in [-0.15, -0.1) is 0 Å². The molecule has 82 valence electrons. The summed E-state index contributed by atoms with van der Waals surface area (Å²) in [6, 6.07) is 15.7. The molecule has 0 radical (unpaired) electrons. The standard InChI is InChI=1S/C13H8N2O2/c14-9-12-11(10-5-2-1-3-6-10)7-4-8-13(12)15(16)17/h1-8H. The molecule has 0 bridgehead atoms. The molecule has 17 heavy (non-hydrogen) atoms. The van der Waals surface area contributed by atoms with Gasteiger partial charge < -0.3 is 0 Å². The number of nitrogens with zero attached hydrogens (tertiary/aromatic N) is 2. The number of hydrogen-bond acceptors (Lipinski definition) is 3. The van der Waals surface area contributed by atoms with Gasteiger partial charge in [0.2, 0.25) is 0 Å². The fraction of sp³-hybridized carbons (Fsp3) is 0. The van der Waals surface area contributed by atoms with E-state index in [2.05, 4.69) is 0 Å². The third kappa shape index (κ3) is 1.99. The van der Waals surface area contributed by atoms with E-state index in [1.54, 1.807) is 12.1 Å². The number of nitriles is 1. The van der Waals surface area contributed by atoms with Gasteiger partial charge in [-0.05, 0) is 5.56 Å². The van der Waals surface area contributed by atoms with Crippen molar-refractivity contribution < 1.29 is 4.92 Å². The molecule has 0 aliphatic carbocycles. The lowest BCUT2D eigenvalue weighted by molar-refractivity contribution is -0.385. The first-order valence-corrected chi connectivity index (χ1v) is 4.97. The zero-order valence-corrected chi connectivity index (χ0v) is 8.83. The van der Waals surface area contributed by atoms with E-state index in [-0.39, 0.29) is 11.3 Å². The second kappa shape index (κ2) is 4.45. The van der Waals surface area contributed by atoms with Crippen molar-refractivity contribution in [3.8, 4) is 17.2 Å². The lowest BCUT2D eigenvalue weighted by Gasteiger charge is -2.04. The largest absolute Gasteiger partial charge is 0.287 e. The second-order valence-corrected chi connectivity index (χ2v) is 3.43. The molecule has 4 heteroatoms. The summed E-state index contributed by atoms with van der Waals surface area (Å²) in [6.45, 7) is 0. The maximum absolute atomic E-state index is 10.8. The molecule has 0 spiro atoms. The topological polar surface area (TPSA) is 66.9 Å². The molecule has 0 aliphatic rings. The van der Waals surface area contributed by atoms with Crippen molar-refractivity contribution in [1.82, 2.24) is 0 Å². The van der Waals surface area contributed by atoms with Crippen molar-refractivity contribution in [1.29, 1.82) is 5.26 Å². The average Bonchev–Trinajstić information content (AvgIpc) is 2.38. The van der Waals surface area contributed by atoms with Crippen LogP contribution in [0.25, 0.3) is 11.1 Å². The molecule has 0 atom stereocenters. The Hall–Kier alpha value is -2.67. The second-order valence-electron chi connectivity index (χ2n) is 3.43. The van der Waals surface area contributed by atoms with Crippen LogP contribution < -0.4 is 0 Å². The first kappa shape index (κ1) is 10.8. The molecule has 0 aromatic heterocycles. The molecule has 0 unspecified atom stereocenters. The molecule has 0 saturated carbocycles. The zero-order chi connectivity index (χ0) is 12.3. The van der Waals surface area contributed by atoms with E-state index in [1.165, 1.54) is 6.07 Å². The van der Waals surface area contributed by atoms with E-state index in [4.69, 9.17) is 5.26 Å². The van der Waals surface area contributed by atoms with Gasteiger partial charge in [-0.2, -0.15) is 5.26 Å². The van der Waals surface area contributed by atoms with Crippen LogP contribution in [-0.2, 0) is 0 Å². The van der Waals surface area contributed by atoms with E-state index >= 15 is 0 Å². The highest BCUT2D eigenvalue weighted by atomic mass is 16.6. The van der Waals surface area contributed by atoms with Crippen molar-refractivity contribution >= 4 is 5.69 Å². The third-order valence-corrected chi connectivity index (χ3v) is 2.44. The van der Waals surface area contributed by atoms with Crippen LogP contribution in [0.4, 0.5) is 5.69 Å². The first-order valence-electron chi connectivity index (χ1n) is 4.97. The van der Waals surface area contributed by atoms with Gasteiger partial charge in [-0.25, -0.2) is 0 Å². The molecule has 4 nitrogen and oxygen atoms in total. The summed E-state index contributed by atoms with van der Waals surface area (Å²) < 4.78 is 0. The Labute approximate surface area is 97.9 Å². The van der Waals surface area contributed by atoms with E-state index < -0.39 is 4.92 Å². The van der Waals surface area contributed by atoms with E-state index in [0.29, 0.717) is 5.56 Å². The van der Waals surface area contributed by atoms with Gasteiger partial charge in [0.25, 0.3) is 5.69 Å². The summed E-state index contributed by atoms with van der Waals surface area (Å²) in [5.41, 5.74) is 1.33. The van der Waals surface area contributed by atoms with E-state index in [9.17, 15) is 10.1 Å². The number of rotatable bonds is 2. The van der Waals surface area contributed by atoms with Gasteiger partial charge in [0.05, 0.1) is 4.92 Å². The van der Waals surface area contributed by atoms with Gasteiger partial charge >= 0.3 is 0 Å². The van der Waals surface area contributed by atoms with Gasteiger partial charge in [0.15, 0.2) is 0 Å².